The third-order valence-electron chi connectivity index (χ3n) is 2.91. The molecule has 1 rings (SSSR count). The molecule has 0 spiro atoms. The topological polar surface area (TPSA) is 75.4 Å². The molecule has 0 bridgehead atoms. The third-order valence-corrected chi connectivity index (χ3v) is 2.91. The number of rotatable bonds is 7. The first-order chi connectivity index (χ1) is 9.58. The maximum absolute atomic E-state index is 12.0. The largest absolute Gasteiger partial charge is 0.399 e. The van der Waals surface area contributed by atoms with Crippen molar-refractivity contribution in [2.45, 2.75) is 26.7 Å². The molecular weight excluding hydrogens is 254 g/mol. The first-order valence-electron chi connectivity index (χ1n) is 7.00. The summed E-state index contributed by atoms with van der Waals surface area (Å²) in [6.45, 7) is 5.55. The molecule has 5 nitrogen and oxygen atoms in total. The van der Waals surface area contributed by atoms with Gasteiger partial charge in [-0.05, 0) is 37.1 Å². The highest BCUT2D eigenvalue weighted by molar-refractivity contribution is 5.96. The van der Waals surface area contributed by atoms with Gasteiger partial charge in [-0.25, -0.2) is 0 Å². The summed E-state index contributed by atoms with van der Waals surface area (Å²) in [4.78, 5) is 25.7. The van der Waals surface area contributed by atoms with Crippen molar-refractivity contribution < 1.29 is 9.59 Å². The van der Waals surface area contributed by atoms with E-state index in [0.717, 1.165) is 25.9 Å². The lowest BCUT2D eigenvalue weighted by Gasteiger charge is -2.21. The van der Waals surface area contributed by atoms with Crippen LogP contribution >= 0.6 is 0 Å². The van der Waals surface area contributed by atoms with Crippen LogP contribution in [0.25, 0.3) is 0 Å². The van der Waals surface area contributed by atoms with Crippen molar-refractivity contribution in [1.29, 1.82) is 0 Å². The monoisotopic (exact) mass is 277 g/mol. The molecule has 0 radical (unpaired) electrons. The van der Waals surface area contributed by atoms with Gasteiger partial charge in [0.2, 0.25) is 5.91 Å². The third kappa shape index (κ3) is 4.91. The summed E-state index contributed by atoms with van der Waals surface area (Å²) in [5.74, 6) is -0.302. The number of nitrogens with zero attached hydrogens (tertiary/aromatic N) is 1. The highest BCUT2D eigenvalue weighted by atomic mass is 16.2. The van der Waals surface area contributed by atoms with Crippen molar-refractivity contribution in [3.05, 3.63) is 29.8 Å². The zero-order valence-electron chi connectivity index (χ0n) is 12.2. The Bertz CT molecular complexity index is 437. The standard InChI is InChI=1S/C15H23N3O2/c1-3-9-18(10-4-2)14(19)11-17-15(20)12-5-7-13(16)8-6-12/h5-8H,3-4,9-11,16H2,1-2H3,(H,17,20). The molecular formula is C15H23N3O2. The summed E-state index contributed by atoms with van der Waals surface area (Å²) in [7, 11) is 0. The van der Waals surface area contributed by atoms with Gasteiger partial charge in [-0.3, -0.25) is 9.59 Å². The summed E-state index contributed by atoms with van der Waals surface area (Å²) in [5.41, 5.74) is 6.67. The summed E-state index contributed by atoms with van der Waals surface area (Å²) in [6.07, 6.45) is 1.83. The van der Waals surface area contributed by atoms with Crippen LogP contribution in [-0.2, 0) is 4.79 Å². The zero-order valence-corrected chi connectivity index (χ0v) is 12.2. The van der Waals surface area contributed by atoms with Crippen LogP contribution in [0, 0.1) is 0 Å². The molecule has 0 saturated heterocycles. The van der Waals surface area contributed by atoms with E-state index in [4.69, 9.17) is 5.73 Å². The van der Waals surface area contributed by atoms with Gasteiger partial charge in [0.15, 0.2) is 0 Å². The van der Waals surface area contributed by atoms with Gasteiger partial charge in [0.05, 0.1) is 6.54 Å². The van der Waals surface area contributed by atoms with Crippen LogP contribution in [0.3, 0.4) is 0 Å². The Morgan fingerprint density at radius 3 is 2.15 bits per heavy atom. The second kappa shape index (κ2) is 8.19. The van der Waals surface area contributed by atoms with E-state index in [1.807, 2.05) is 13.8 Å². The number of benzene rings is 1. The van der Waals surface area contributed by atoms with E-state index in [2.05, 4.69) is 5.32 Å². The van der Waals surface area contributed by atoms with Crippen molar-refractivity contribution in [3.63, 3.8) is 0 Å². The van der Waals surface area contributed by atoms with Crippen molar-refractivity contribution in [3.8, 4) is 0 Å². The van der Waals surface area contributed by atoms with E-state index >= 15 is 0 Å². The normalized spacial score (nSPS) is 10.1. The molecule has 1 aromatic carbocycles. The predicted molar refractivity (Wildman–Crippen MR) is 80.3 cm³/mol. The second-order valence-electron chi connectivity index (χ2n) is 4.69. The van der Waals surface area contributed by atoms with Crippen molar-refractivity contribution >= 4 is 17.5 Å². The Labute approximate surface area is 120 Å². The zero-order chi connectivity index (χ0) is 15.0. The fraction of sp³-hybridized carbons (Fsp3) is 0.467. The molecule has 1 aromatic rings. The molecule has 0 heterocycles. The van der Waals surface area contributed by atoms with Crippen LogP contribution in [0.5, 0.6) is 0 Å². The Hall–Kier alpha value is -2.04. The van der Waals surface area contributed by atoms with Gasteiger partial charge in [0.1, 0.15) is 0 Å². The van der Waals surface area contributed by atoms with Crippen LogP contribution in [0.2, 0.25) is 0 Å². The fourth-order valence-corrected chi connectivity index (χ4v) is 1.91. The Kier molecular flexibility index (Phi) is 6.56. The minimum absolute atomic E-state index is 0.0310. The van der Waals surface area contributed by atoms with E-state index in [9.17, 15) is 9.59 Å². The Morgan fingerprint density at radius 1 is 1.10 bits per heavy atom. The second-order valence-corrected chi connectivity index (χ2v) is 4.69. The van der Waals surface area contributed by atoms with Crippen LogP contribution in [0.1, 0.15) is 37.0 Å². The number of nitrogens with two attached hydrogens (primary N) is 1. The average molecular weight is 277 g/mol. The van der Waals surface area contributed by atoms with Gasteiger partial charge in [0, 0.05) is 24.3 Å². The van der Waals surface area contributed by atoms with Crippen molar-refractivity contribution in [1.82, 2.24) is 10.2 Å². The van der Waals surface area contributed by atoms with E-state index in [1.165, 1.54) is 0 Å². The molecule has 110 valence electrons. The van der Waals surface area contributed by atoms with Gasteiger partial charge in [-0.1, -0.05) is 13.8 Å². The maximum Gasteiger partial charge on any atom is 0.251 e. The van der Waals surface area contributed by atoms with Gasteiger partial charge >= 0.3 is 0 Å². The summed E-state index contributed by atoms with van der Waals surface area (Å²) < 4.78 is 0. The molecule has 5 heteroatoms. The number of carbonyl (C=O) groups excluding carboxylic acids is 2. The van der Waals surface area contributed by atoms with E-state index in [0.29, 0.717) is 11.3 Å². The van der Waals surface area contributed by atoms with Crippen LogP contribution in [0.4, 0.5) is 5.69 Å². The Balaban J connectivity index is 2.50. The molecule has 0 saturated carbocycles. The number of hydrogen-bond donors (Lipinski definition) is 2. The number of amides is 2. The van der Waals surface area contributed by atoms with Crippen LogP contribution in [-0.4, -0.2) is 36.3 Å². The van der Waals surface area contributed by atoms with Gasteiger partial charge in [0.25, 0.3) is 5.91 Å². The summed E-state index contributed by atoms with van der Waals surface area (Å²) in [5, 5.41) is 2.64. The van der Waals surface area contributed by atoms with Crippen LogP contribution < -0.4 is 11.1 Å². The minimum Gasteiger partial charge on any atom is -0.399 e. The van der Waals surface area contributed by atoms with Gasteiger partial charge < -0.3 is 16.0 Å². The summed E-state index contributed by atoms with van der Waals surface area (Å²) >= 11 is 0. The smallest absolute Gasteiger partial charge is 0.251 e. The molecule has 0 atom stereocenters. The Morgan fingerprint density at radius 2 is 1.65 bits per heavy atom. The lowest BCUT2D eigenvalue weighted by atomic mass is 10.2. The van der Waals surface area contributed by atoms with Gasteiger partial charge in [-0.2, -0.15) is 0 Å². The molecule has 20 heavy (non-hydrogen) atoms. The molecule has 0 aliphatic carbocycles. The first-order valence-corrected chi connectivity index (χ1v) is 7.00. The van der Waals surface area contributed by atoms with Crippen molar-refractivity contribution in [2.75, 3.05) is 25.4 Å². The highest BCUT2D eigenvalue weighted by Crippen LogP contribution is 2.05. The van der Waals surface area contributed by atoms with E-state index < -0.39 is 0 Å². The van der Waals surface area contributed by atoms with E-state index in [-0.39, 0.29) is 18.4 Å². The number of hydrogen-bond acceptors (Lipinski definition) is 3. The molecule has 0 fully saturated rings. The first kappa shape index (κ1) is 16.0. The lowest BCUT2D eigenvalue weighted by Crippen LogP contribution is -2.40. The predicted octanol–water partition coefficient (Wildman–Crippen LogP) is 1.65. The van der Waals surface area contributed by atoms with Crippen molar-refractivity contribution in [2.24, 2.45) is 0 Å². The quantitative estimate of drug-likeness (QED) is 0.744. The van der Waals surface area contributed by atoms with Crippen LogP contribution in [0.15, 0.2) is 24.3 Å². The maximum atomic E-state index is 12.0. The molecule has 0 unspecified atom stereocenters. The summed E-state index contributed by atoms with van der Waals surface area (Å²) in [6, 6.07) is 6.62. The SMILES string of the molecule is CCCN(CCC)C(=O)CNC(=O)c1ccc(N)cc1. The van der Waals surface area contributed by atoms with E-state index in [1.54, 1.807) is 29.2 Å². The number of carbonyl (C=O) groups is 2. The lowest BCUT2D eigenvalue weighted by molar-refractivity contribution is -0.130. The number of anilines is 1. The molecule has 3 N–H and O–H groups in total. The highest BCUT2D eigenvalue weighted by Gasteiger charge is 2.13. The molecule has 0 aromatic heterocycles. The molecule has 0 aliphatic heterocycles. The number of nitrogens with one attached hydrogen (secondary N) is 1. The van der Waals surface area contributed by atoms with Gasteiger partial charge in [-0.15, -0.1) is 0 Å². The fourth-order valence-electron chi connectivity index (χ4n) is 1.91. The average Bonchev–Trinajstić information content (AvgIpc) is 2.45. The number of nitrogen functional groups attached to an aromatic ring is 1. The molecule has 0 aliphatic rings. The minimum atomic E-state index is -0.258. The molecule has 2 amide bonds.